The summed E-state index contributed by atoms with van der Waals surface area (Å²) in [6.45, 7) is 7.88. The van der Waals surface area contributed by atoms with Gasteiger partial charge in [-0.25, -0.2) is 0 Å². The quantitative estimate of drug-likeness (QED) is 0.830. The van der Waals surface area contributed by atoms with Crippen LogP contribution in [0.15, 0.2) is 18.2 Å². The second-order valence-electron chi connectivity index (χ2n) is 5.47. The smallest absolute Gasteiger partial charge is 0.0595 e. The van der Waals surface area contributed by atoms with Crippen molar-refractivity contribution in [3.63, 3.8) is 0 Å². The van der Waals surface area contributed by atoms with Crippen molar-refractivity contribution in [2.45, 2.75) is 45.2 Å². The summed E-state index contributed by atoms with van der Waals surface area (Å²) in [6, 6.07) is 6.97. The Kier molecular flexibility index (Phi) is 6.16. The van der Waals surface area contributed by atoms with Gasteiger partial charge in [-0.1, -0.05) is 43.1 Å². The Bertz CT molecular complexity index is 436. The van der Waals surface area contributed by atoms with E-state index >= 15 is 0 Å². The van der Waals surface area contributed by atoms with Gasteiger partial charge >= 0.3 is 0 Å². The van der Waals surface area contributed by atoms with Crippen LogP contribution in [0, 0.1) is 0 Å². The molecular formula is C16H24Cl2N2. The molecule has 1 aromatic carbocycles. The molecule has 2 rings (SSSR count). The highest BCUT2D eigenvalue weighted by atomic mass is 35.5. The lowest BCUT2D eigenvalue weighted by atomic mass is 10.0. The van der Waals surface area contributed by atoms with Gasteiger partial charge in [0, 0.05) is 18.6 Å². The maximum absolute atomic E-state index is 6.12. The zero-order valence-electron chi connectivity index (χ0n) is 12.3. The van der Waals surface area contributed by atoms with E-state index in [0.29, 0.717) is 22.1 Å². The maximum atomic E-state index is 6.12. The number of nitrogens with one attached hydrogen (secondary N) is 1. The van der Waals surface area contributed by atoms with E-state index in [-0.39, 0.29) is 0 Å². The lowest BCUT2D eigenvalue weighted by molar-refractivity contribution is 0.253. The molecule has 1 aromatic rings. The first kappa shape index (κ1) is 16.1. The summed E-state index contributed by atoms with van der Waals surface area (Å²) >= 11 is 12.1. The third-order valence-electron chi connectivity index (χ3n) is 4.26. The molecule has 4 heteroatoms. The number of nitrogens with zero attached hydrogens (tertiary/aromatic N) is 1. The van der Waals surface area contributed by atoms with Gasteiger partial charge in [0.1, 0.15) is 0 Å². The van der Waals surface area contributed by atoms with Crippen LogP contribution in [-0.2, 0) is 0 Å². The molecule has 0 spiro atoms. The summed E-state index contributed by atoms with van der Waals surface area (Å²) < 4.78 is 0. The fourth-order valence-electron chi connectivity index (χ4n) is 3.05. The molecule has 1 heterocycles. The fourth-order valence-corrected chi connectivity index (χ4v) is 3.35. The molecule has 0 radical (unpaired) electrons. The third kappa shape index (κ3) is 3.88. The average Bonchev–Trinajstić information content (AvgIpc) is 2.90. The van der Waals surface area contributed by atoms with Crippen molar-refractivity contribution in [1.29, 1.82) is 0 Å². The molecule has 20 heavy (non-hydrogen) atoms. The fraction of sp³-hybridized carbons (Fsp3) is 0.625. The van der Waals surface area contributed by atoms with Crippen molar-refractivity contribution in [1.82, 2.24) is 10.2 Å². The van der Waals surface area contributed by atoms with Crippen molar-refractivity contribution in [2.24, 2.45) is 0 Å². The highest BCUT2D eigenvalue weighted by Crippen LogP contribution is 2.27. The van der Waals surface area contributed by atoms with Gasteiger partial charge in [0.15, 0.2) is 0 Å². The second-order valence-corrected chi connectivity index (χ2v) is 6.28. The second kappa shape index (κ2) is 7.65. The topological polar surface area (TPSA) is 15.3 Å². The monoisotopic (exact) mass is 314 g/mol. The van der Waals surface area contributed by atoms with Crippen LogP contribution < -0.4 is 5.32 Å². The third-order valence-corrected chi connectivity index (χ3v) is 5.00. The van der Waals surface area contributed by atoms with Gasteiger partial charge in [0.05, 0.1) is 10.0 Å². The standard InChI is InChI=1S/C16H24Cl2N2/c1-3-16(12-7-8-14(17)15(18)10-12)19-11-13-6-5-9-20(13)4-2/h7-8,10,13,16,19H,3-6,9,11H2,1-2H3. The minimum atomic E-state index is 0.351. The van der Waals surface area contributed by atoms with E-state index < -0.39 is 0 Å². The van der Waals surface area contributed by atoms with Crippen molar-refractivity contribution in [3.05, 3.63) is 33.8 Å². The summed E-state index contributed by atoms with van der Waals surface area (Å²) in [5.41, 5.74) is 1.22. The Hall–Kier alpha value is -0.280. The minimum Gasteiger partial charge on any atom is -0.308 e. The van der Waals surface area contributed by atoms with Gasteiger partial charge in [-0.2, -0.15) is 0 Å². The molecular weight excluding hydrogens is 291 g/mol. The molecule has 112 valence electrons. The number of hydrogen-bond donors (Lipinski definition) is 1. The van der Waals surface area contributed by atoms with Crippen LogP contribution in [0.4, 0.5) is 0 Å². The Morgan fingerprint density at radius 2 is 2.10 bits per heavy atom. The lowest BCUT2D eigenvalue weighted by Gasteiger charge is -2.26. The van der Waals surface area contributed by atoms with Crippen LogP contribution in [0.25, 0.3) is 0 Å². The van der Waals surface area contributed by atoms with E-state index in [1.807, 2.05) is 12.1 Å². The molecule has 0 aromatic heterocycles. The Morgan fingerprint density at radius 3 is 2.75 bits per heavy atom. The predicted octanol–water partition coefficient (Wildman–Crippen LogP) is 4.52. The molecule has 1 aliphatic heterocycles. The van der Waals surface area contributed by atoms with Gasteiger partial charge in [-0.15, -0.1) is 0 Å². The molecule has 0 saturated carbocycles. The van der Waals surface area contributed by atoms with Gasteiger partial charge < -0.3 is 5.32 Å². The molecule has 2 nitrogen and oxygen atoms in total. The van der Waals surface area contributed by atoms with Crippen LogP contribution in [0.2, 0.25) is 10.0 Å². The largest absolute Gasteiger partial charge is 0.308 e. The summed E-state index contributed by atoms with van der Waals surface area (Å²) in [4.78, 5) is 2.56. The summed E-state index contributed by atoms with van der Waals surface area (Å²) in [5.74, 6) is 0. The average molecular weight is 315 g/mol. The zero-order valence-corrected chi connectivity index (χ0v) is 13.8. The number of benzene rings is 1. The molecule has 1 N–H and O–H groups in total. The Balaban J connectivity index is 1.96. The molecule has 0 bridgehead atoms. The number of likely N-dealkylation sites (tertiary alicyclic amines) is 1. The first-order chi connectivity index (χ1) is 9.65. The van der Waals surface area contributed by atoms with Gasteiger partial charge in [-0.05, 0) is 50.0 Å². The normalized spacial score (nSPS) is 21.3. The van der Waals surface area contributed by atoms with Crippen molar-refractivity contribution in [3.8, 4) is 0 Å². The molecule has 0 amide bonds. The first-order valence-electron chi connectivity index (χ1n) is 7.58. The predicted molar refractivity (Wildman–Crippen MR) is 87.8 cm³/mol. The first-order valence-corrected chi connectivity index (χ1v) is 8.33. The van der Waals surface area contributed by atoms with Gasteiger partial charge in [0.25, 0.3) is 0 Å². The number of halogens is 2. The highest BCUT2D eigenvalue weighted by Gasteiger charge is 2.23. The molecule has 2 unspecified atom stereocenters. The van der Waals surface area contributed by atoms with Crippen LogP contribution in [0.3, 0.4) is 0 Å². The van der Waals surface area contributed by atoms with E-state index in [9.17, 15) is 0 Å². The van der Waals surface area contributed by atoms with Crippen molar-refractivity contribution < 1.29 is 0 Å². The van der Waals surface area contributed by atoms with Gasteiger partial charge in [0.2, 0.25) is 0 Å². The Labute approximate surface area is 132 Å². The van der Waals surface area contributed by atoms with Crippen LogP contribution >= 0.6 is 23.2 Å². The van der Waals surface area contributed by atoms with E-state index in [1.54, 1.807) is 0 Å². The number of likely N-dealkylation sites (N-methyl/N-ethyl adjacent to an activating group) is 1. The number of rotatable bonds is 6. The number of hydrogen-bond acceptors (Lipinski definition) is 2. The molecule has 1 fully saturated rings. The molecule has 1 aliphatic rings. The molecule has 0 aliphatic carbocycles. The zero-order chi connectivity index (χ0) is 14.5. The van der Waals surface area contributed by atoms with E-state index in [2.05, 4.69) is 30.1 Å². The van der Waals surface area contributed by atoms with Crippen LogP contribution in [-0.4, -0.2) is 30.6 Å². The Morgan fingerprint density at radius 1 is 1.30 bits per heavy atom. The van der Waals surface area contributed by atoms with E-state index in [4.69, 9.17) is 23.2 Å². The van der Waals surface area contributed by atoms with Crippen molar-refractivity contribution >= 4 is 23.2 Å². The molecule has 2 atom stereocenters. The highest BCUT2D eigenvalue weighted by molar-refractivity contribution is 6.42. The lowest BCUT2D eigenvalue weighted by Crippen LogP contribution is -2.39. The van der Waals surface area contributed by atoms with E-state index in [0.717, 1.165) is 19.5 Å². The van der Waals surface area contributed by atoms with Gasteiger partial charge in [-0.3, -0.25) is 4.90 Å². The maximum Gasteiger partial charge on any atom is 0.0595 e. The minimum absolute atomic E-state index is 0.351. The molecule has 1 saturated heterocycles. The van der Waals surface area contributed by atoms with E-state index in [1.165, 1.54) is 24.9 Å². The van der Waals surface area contributed by atoms with Crippen LogP contribution in [0.1, 0.15) is 44.7 Å². The SMILES string of the molecule is CCC(NCC1CCCN1CC)c1ccc(Cl)c(Cl)c1. The van der Waals surface area contributed by atoms with Crippen LogP contribution in [0.5, 0.6) is 0 Å². The van der Waals surface area contributed by atoms with Crippen molar-refractivity contribution in [2.75, 3.05) is 19.6 Å². The summed E-state index contributed by atoms with van der Waals surface area (Å²) in [5, 5.41) is 4.96. The summed E-state index contributed by atoms with van der Waals surface area (Å²) in [7, 11) is 0. The summed E-state index contributed by atoms with van der Waals surface area (Å²) in [6.07, 6.45) is 3.68.